The van der Waals surface area contributed by atoms with Crippen LogP contribution in [-0.4, -0.2) is 60.3 Å². The van der Waals surface area contributed by atoms with Crippen LogP contribution in [0.2, 0.25) is 5.02 Å². The summed E-state index contributed by atoms with van der Waals surface area (Å²) in [4.78, 5) is 16.2. The quantitative estimate of drug-likeness (QED) is 0.660. The number of halogens is 1. The minimum absolute atomic E-state index is 0.00856. The van der Waals surface area contributed by atoms with E-state index in [1.54, 1.807) is 0 Å². The molecule has 2 aliphatic heterocycles. The molecule has 0 bridgehead atoms. The molecule has 2 saturated heterocycles. The van der Waals surface area contributed by atoms with E-state index in [1.165, 1.54) is 5.56 Å². The average molecular weight is 409 g/mol. The van der Waals surface area contributed by atoms with E-state index in [9.17, 15) is 4.79 Å². The monoisotopic (exact) mass is 408 g/mol. The van der Waals surface area contributed by atoms with Crippen molar-refractivity contribution in [3.63, 3.8) is 0 Å². The second-order valence-electron chi connectivity index (χ2n) is 8.62. The zero-order valence-corrected chi connectivity index (χ0v) is 18.2. The Morgan fingerprint density at radius 3 is 2.54 bits per heavy atom. The van der Waals surface area contributed by atoms with Crippen LogP contribution in [0.25, 0.3) is 0 Å². The molecule has 0 aromatic heterocycles. The van der Waals surface area contributed by atoms with Gasteiger partial charge in [-0.25, -0.2) is 4.79 Å². The van der Waals surface area contributed by atoms with Gasteiger partial charge < -0.3 is 14.4 Å². The lowest BCUT2D eigenvalue weighted by Crippen LogP contribution is -2.41. The number of nitrogens with zero attached hydrogens (tertiary/aromatic N) is 2. The second kappa shape index (κ2) is 9.36. The molecule has 0 radical (unpaired) electrons. The van der Waals surface area contributed by atoms with Crippen LogP contribution in [0.1, 0.15) is 46.1 Å². The molecule has 2 aliphatic rings. The molecule has 0 N–H and O–H groups in total. The van der Waals surface area contributed by atoms with Crippen LogP contribution < -0.4 is 4.74 Å². The van der Waals surface area contributed by atoms with Gasteiger partial charge in [-0.1, -0.05) is 11.6 Å². The van der Waals surface area contributed by atoms with Gasteiger partial charge in [-0.05, 0) is 89.7 Å². The van der Waals surface area contributed by atoms with Crippen molar-refractivity contribution >= 4 is 17.7 Å². The van der Waals surface area contributed by atoms with Crippen LogP contribution in [-0.2, 0) is 11.2 Å². The maximum Gasteiger partial charge on any atom is 0.410 e. The van der Waals surface area contributed by atoms with Gasteiger partial charge in [-0.3, -0.25) is 4.90 Å². The Morgan fingerprint density at radius 1 is 1.21 bits per heavy atom. The highest BCUT2D eigenvalue weighted by molar-refractivity contribution is 6.31. The molecule has 0 spiro atoms. The predicted molar refractivity (Wildman–Crippen MR) is 112 cm³/mol. The van der Waals surface area contributed by atoms with E-state index in [1.807, 2.05) is 44.7 Å². The van der Waals surface area contributed by atoms with Crippen LogP contribution in [0.15, 0.2) is 18.2 Å². The average Bonchev–Trinajstić information content (AvgIpc) is 2.99. The Labute approximate surface area is 173 Å². The van der Waals surface area contributed by atoms with E-state index in [4.69, 9.17) is 21.1 Å². The topological polar surface area (TPSA) is 42.0 Å². The van der Waals surface area contributed by atoms with E-state index < -0.39 is 0 Å². The number of carbonyl (C=O) groups is 1. The number of carbonyl (C=O) groups excluding carboxylic acids is 1. The molecule has 1 aromatic rings. The summed E-state index contributed by atoms with van der Waals surface area (Å²) in [6.45, 7) is 11.7. The highest BCUT2D eigenvalue weighted by Gasteiger charge is 2.34. The molecule has 156 valence electrons. The van der Waals surface area contributed by atoms with Crippen molar-refractivity contribution in [2.24, 2.45) is 5.92 Å². The number of ether oxygens (including phenoxy) is 2. The summed E-state index contributed by atoms with van der Waals surface area (Å²) >= 11 is 6.43. The zero-order chi connectivity index (χ0) is 20.3. The summed E-state index contributed by atoms with van der Waals surface area (Å²) in [6.07, 6.45) is 3.24. The summed E-state index contributed by atoms with van der Waals surface area (Å²) in [5.74, 6) is 1.52. The summed E-state index contributed by atoms with van der Waals surface area (Å²) in [6, 6.07) is 6.17. The molecule has 6 heteroatoms. The Morgan fingerprint density at radius 2 is 1.93 bits per heavy atom. The molecule has 3 rings (SSSR count). The van der Waals surface area contributed by atoms with Crippen LogP contribution in [0.5, 0.6) is 5.75 Å². The summed E-state index contributed by atoms with van der Waals surface area (Å²) < 4.78 is 11.3. The van der Waals surface area contributed by atoms with Crippen molar-refractivity contribution in [2.45, 2.75) is 65.2 Å². The minimum Gasteiger partial charge on any atom is -0.491 e. The molecule has 1 aromatic carbocycles. The fourth-order valence-electron chi connectivity index (χ4n) is 4.08. The number of likely N-dealkylation sites (tertiary alicyclic amines) is 1. The highest BCUT2D eigenvalue weighted by atomic mass is 35.5. The molecule has 0 saturated carbocycles. The molecule has 0 aliphatic carbocycles. The highest BCUT2D eigenvalue weighted by Crippen LogP contribution is 2.29. The van der Waals surface area contributed by atoms with E-state index in [2.05, 4.69) is 11.0 Å². The van der Waals surface area contributed by atoms with Gasteiger partial charge in [0, 0.05) is 17.6 Å². The van der Waals surface area contributed by atoms with E-state index in [-0.39, 0.29) is 24.3 Å². The Kier molecular flexibility index (Phi) is 7.10. The summed E-state index contributed by atoms with van der Waals surface area (Å²) in [5.41, 5.74) is 1.18. The number of piperidine rings is 1. The van der Waals surface area contributed by atoms with Crippen molar-refractivity contribution in [3.05, 3.63) is 28.8 Å². The molecule has 1 atom stereocenters. The summed E-state index contributed by atoms with van der Waals surface area (Å²) in [7, 11) is 0. The number of rotatable bonds is 7. The molecule has 2 fully saturated rings. The maximum atomic E-state index is 11.9. The van der Waals surface area contributed by atoms with Crippen molar-refractivity contribution in [1.29, 1.82) is 0 Å². The van der Waals surface area contributed by atoms with Crippen LogP contribution in [0.4, 0.5) is 4.79 Å². The molecule has 1 amide bonds. The molecule has 28 heavy (non-hydrogen) atoms. The van der Waals surface area contributed by atoms with Gasteiger partial charge in [-0.15, -0.1) is 0 Å². The van der Waals surface area contributed by atoms with Gasteiger partial charge in [-0.2, -0.15) is 0 Å². The molecule has 5 nitrogen and oxygen atoms in total. The Balaban J connectivity index is 1.48. The smallest absolute Gasteiger partial charge is 0.410 e. The van der Waals surface area contributed by atoms with Crippen molar-refractivity contribution < 1.29 is 14.3 Å². The van der Waals surface area contributed by atoms with Crippen molar-refractivity contribution in [1.82, 2.24) is 9.80 Å². The maximum absolute atomic E-state index is 11.9. The van der Waals surface area contributed by atoms with Crippen LogP contribution >= 0.6 is 11.6 Å². The number of cyclic esters (lactones) is 1. The van der Waals surface area contributed by atoms with Crippen molar-refractivity contribution in [2.75, 3.05) is 26.2 Å². The molecular weight excluding hydrogens is 376 g/mol. The lowest BCUT2D eigenvalue weighted by Gasteiger charge is -2.33. The largest absolute Gasteiger partial charge is 0.491 e. The third kappa shape index (κ3) is 5.54. The number of hydrogen-bond donors (Lipinski definition) is 0. The fraction of sp³-hybridized carbons (Fsp3) is 0.682. The molecule has 2 heterocycles. The van der Waals surface area contributed by atoms with Gasteiger partial charge in [0.1, 0.15) is 11.9 Å². The van der Waals surface area contributed by atoms with Crippen LogP contribution in [0.3, 0.4) is 0 Å². The molecule has 1 unspecified atom stereocenters. The minimum atomic E-state index is -0.173. The van der Waals surface area contributed by atoms with Crippen LogP contribution in [0, 0.1) is 5.92 Å². The van der Waals surface area contributed by atoms with Crippen molar-refractivity contribution in [3.8, 4) is 5.75 Å². The number of amides is 1. The first-order valence-corrected chi connectivity index (χ1v) is 10.8. The van der Waals surface area contributed by atoms with Gasteiger partial charge in [0.2, 0.25) is 0 Å². The van der Waals surface area contributed by atoms with Gasteiger partial charge >= 0.3 is 6.09 Å². The first-order chi connectivity index (χ1) is 13.3. The Hall–Kier alpha value is -1.46. The number of benzene rings is 1. The zero-order valence-electron chi connectivity index (χ0n) is 17.5. The Bertz CT molecular complexity index is 672. The van der Waals surface area contributed by atoms with Gasteiger partial charge in [0.25, 0.3) is 0 Å². The second-order valence-corrected chi connectivity index (χ2v) is 9.03. The molecular formula is C22H33ClN2O3. The van der Waals surface area contributed by atoms with Gasteiger partial charge in [0.05, 0.1) is 12.6 Å². The third-order valence-corrected chi connectivity index (χ3v) is 5.96. The normalized spacial score (nSPS) is 21.6. The standard InChI is InChI=1S/C22H33ClN2O3/c1-15(2)25-14-20(28-22(25)26)13-24-9-7-17(8-10-24)11-18-12-19(27-16(3)4)5-6-21(18)23/h5-6,12,15-17,20H,7-11,13-14H2,1-4H3. The van der Waals surface area contributed by atoms with E-state index in [0.29, 0.717) is 12.5 Å². The van der Waals surface area contributed by atoms with E-state index >= 15 is 0 Å². The summed E-state index contributed by atoms with van der Waals surface area (Å²) in [5, 5.41) is 0.824. The predicted octanol–water partition coefficient (Wildman–Crippen LogP) is 4.61. The third-order valence-electron chi connectivity index (χ3n) is 5.59. The first-order valence-electron chi connectivity index (χ1n) is 10.5. The lowest BCUT2D eigenvalue weighted by atomic mass is 9.90. The van der Waals surface area contributed by atoms with Gasteiger partial charge in [0.15, 0.2) is 0 Å². The number of hydrogen-bond acceptors (Lipinski definition) is 4. The SMILES string of the molecule is CC(C)Oc1ccc(Cl)c(CC2CCN(CC3CN(C(C)C)C(=O)O3)CC2)c1. The first kappa shape index (κ1) is 21.3. The van der Waals surface area contributed by atoms with E-state index in [0.717, 1.165) is 49.7 Å². The lowest BCUT2D eigenvalue weighted by molar-refractivity contribution is 0.0902. The fourth-order valence-corrected chi connectivity index (χ4v) is 4.28.